The van der Waals surface area contributed by atoms with Crippen LogP contribution in [0.25, 0.3) is 6.08 Å². The molecule has 26 heavy (non-hydrogen) atoms. The largest absolute Gasteiger partial charge is 0.497 e. The normalized spacial score (nSPS) is 10.8. The molecule has 0 radical (unpaired) electrons. The molecule has 0 aliphatic carbocycles. The Bertz CT molecular complexity index is 839. The Kier molecular flexibility index (Phi) is 7.07. The molecule has 0 fully saturated rings. The molecule has 0 heterocycles. The van der Waals surface area contributed by atoms with Crippen LogP contribution >= 0.6 is 11.6 Å². The average Bonchev–Trinajstić information content (AvgIpc) is 2.65. The van der Waals surface area contributed by atoms with Crippen LogP contribution in [-0.2, 0) is 4.79 Å². The molecule has 0 bridgehead atoms. The van der Waals surface area contributed by atoms with E-state index in [4.69, 9.17) is 21.1 Å². The number of nitrogens with one attached hydrogen (secondary N) is 1. The molecule has 0 spiro atoms. The number of nitrogens with zero attached hydrogens (tertiary/aromatic N) is 1. The summed E-state index contributed by atoms with van der Waals surface area (Å²) in [5.41, 5.74) is 1.09. The van der Waals surface area contributed by atoms with Gasteiger partial charge in [-0.15, -0.1) is 0 Å². The van der Waals surface area contributed by atoms with Gasteiger partial charge in [0.2, 0.25) is 0 Å². The number of amides is 1. The lowest BCUT2D eigenvalue weighted by Crippen LogP contribution is -2.13. The smallest absolute Gasteiger partial charge is 0.266 e. The molecule has 0 aromatic heterocycles. The predicted octanol–water partition coefficient (Wildman–Crippen LogP) is 4.68. The molecule has 0 unspecified atom stereocenters. The molecule has 134 valence electrons. The third kappa shape index (κ3) is 5.27. The molecule has 0 aliphatic heterocycles. The van der Waals surface area contributed by atoms with E-state index < -0.39 is 5.91 Å². The molecule has 1 N–H and O–H groups in total. The van der Waals surface area contributed by atoms with Gasteiger partial charge in [-0.2, -0.15) is 5.26 Å². The van der Waals surface area contributed by atoms with Gasteiger partial charge in [-0.1, -0.05) is 18.5 Å². The van der Waals surface area contributed by atoms with Gasteiger partial charge < -0.3 is 14.8 Å². The van der Waals surface area contributed by atoms with Crippen molar-refractivity contribution in [1.82, 2.24) is 0 Å². The molecule has 0 atom stereocenters. The number of hydrogen-bond donors (Lipinski definition) is 1. The number of anilines is 1. The lowest BCUT2D eigenvalue weighted by atomic mass is 10.1. The minimum Gasteiger partial charge on any atom is -0.497 e. The van der Waals surface area contributed by atoms with E-state index in [1.807, 2.05) is 13.0 Å². The maximum absolute atomic E-state index is 12.4. The van der Waals surface area contributed by atoms with Crippen molar-refractivity contribution >= 4 is 29.3 Å². The highest BCUT2D eigenvalue weighted by atomic mass is 35.5. The Morgan fingerprint density at radius 1 is 1.27 bits per heavy atom. The third-order valence-corrected chi connectivity index (χ3v) is 3.68. The van der Waals surface area contributed by atoms with Crippen LogP contribution in [0.3, 0.4) is 0 Å². The molecule has 0 aliphatic rings. The molecule has 0 saturated heterocycles. The monoisotopic (exact) mass is 370 g/mol. The zero-order valence-corrected chi connectivity index (χ0v) is 15.3. The van der Waals surface area contributed by atoms with Crippen molar-refractivity contribution in [2.45, 2.75) is 13.3 Å². The first-order valence-corrected chi connectivity index (χ1v) is 8.44. The SMILES string of the molecule is CCCOc1ccc(Cl)cc1/C=C(\C#N)C(=O)Nc1ccc(OC)cc1. The van der Waals surface area contributed by atoms with Crippen LogP contribution in [0.4, 0.5) is 5.69 Å². The Hall–Kier alpha value is -2.97. The second-order valence-electron chi connectivity index (χ2n) is 5.38. The van der Waals surface area contributed by atoms with Gasteiger partial charge in [0.05, 0.1) is 13.7 Å². The number of rotatable bonds is 7. The van der Waals surface area contributed by atoms with E-state index >= 15 is 0 Å². The summed E-state index contributed by atoms with van der Waals surface area (Å²) in [6, 6.07) is 13.8. The van der Waals surface area contributed by atoms with Crippen LogP contribution in [0, 0.1) is 11.3 Å². The molecule has 2 aromatic rings. The highest BCUT2D eigenvalue weighted by Crippen LogP contribution is 2.26. The maximum atomic E-state index is 12.4. The Morgan fingerprint density at radius 2 is 2.00 bits per heavy atom. The van der Waals surface area contributed by atoms with Crippen molar-refractivity contribution in [1.29, 1.82) is 5.26 Å². The number of ether oxygens (including phenoxy) is 2. The maximum Gasteiger partial charge on any atom is 0.266 e. The van der Waals surface area contributed by atoms with Gasteiger partial charge in [-0.05, 0) is 55.0 Å². The first-order chi connectivity index (χ1) is 12.6. The molecule has 1 amide bonds. The fourth-order valence-electron chi connectivity index (χ4n) is 2.15. The number of benzene rings is 2. The second kappa shape index (κ2) is 9.50. The summed E-state index contributed by atoms with van der Waals surface area (Å²) in [6.07, 6.45) is 2.31. The zero-order chi connectivity index (χ0) is 18.9. The number of carbonyl (C=O) groups is 1. The van der Waals surface area contributed by atoms with E-state index in [0.29, 0.717) is 34.4 Å². The van der Waals surface area contributed by atoms with E-state index in [0.717, 1.165) is 6.42 Å². The van der Waals surface area contributed by atoms with Gasteiger partial charge in [0.1, 0.15) is 23.1 Å². The van der Waals surface area contributed by atoms with E-state index in [9.17, 15) is 10.1 Å². The Balaban J connectivity index is 2.24. The lowest BCUT2D eigenvalue weighted by Gasteiger charge is -2.10. The van der Waals surface area contributed by atoms with Gasteiger partial charge in [0.15, 0.2) is 0 Å². The highest BCUT2D eigenvalue weighted by Gasteiger charge is 2.12. The van der Waals surface area contributed by atoms with E-state index in [1.54, 1.807) is 49.6 Å². The number of methoxy groups -OCH3 is 1. The molecule has 6 heteroatoms. The number of carbonyl (C=O) groups excluding carboxylic acids is 1. The van der Waals surface area contributed by atoms with Gasteiger partial charge in [0.25, 0.3) is 5.91 Å². The van der Waals surface area contributed by atoms with Gasteiger partial charge in [-0.25, -0.2) is 0 Å². The van der Waals surface area contributed by atoms with Crippen LogP contribution < -0.4 is 14.8 Å². The topological polar surface area (TPSA) is 71.3 Å². The quantitative estimate of drug-likeness (QED) is 0.567. The summed E-state index contributed by atoms with van der Waals surface area (Å²) < 4.78 is 10.7. The van der Waals surface area contributed by atoms with E-state index in [-0.39, 0.29) is 5.57 Å². The Labute approximate surface area is 157 Å². The third-order valence-electron chi connectivity index (χ3n) is 3.45. The van der Waals surface area contributed by atoms with Crippen LogP contribution in [0.15, 0.2) is 48.0 Å². The molecular weight excluding hydrogens is 352 g/mol. The first kappa shape index (κ1) is 19.4. The standard InChI is InChI=1S/C20H19ClN2O3/c1-3-10-26-19-9-4-16(21)12-14(19)11-15(13-22)20(24)23-17-5-7-18(25-2)8-6-17/h4-9,11-12H,3,10H2,1-2H3,(H,23,24)/b15-11+. The van der Waals surface area contributed by atoms with E-state index in [1.165, 1.54) is 6.08 Å². The summed E-state index contributed by atoms with van der Waals surface area (Å²) in [7, 11) is 1.56. The van der Waals surface area contributed by atoms with Crippen LogP contribution in [0.5, 0.6) is 11.5 Å². The van der Waals surface area contributed by atoms with Gasteiger partial charge in [-0.3, -0.25) is 4.79 Å². The summed E-state index contributed by atoms with van der Waals surface area (Å²) in [5, 5.41) is 12.6. The molecular formula is C20H19ClN2O3. The summed E-state index contributed by atoms with van der Waals surface area (Å²) in [5.74, 6) is 0.732. The van der Waals surface area contributed by atoms with Crippen molar-refractivity contribution < 1.29 is 14.3 Å². The van der Waals surface area contributed by atoms with Crippen molar-refractivity contribution in [2.24, 2.45) is 0 Å². The minimum atomic E-state index is -0.515. The number of hydrogen-bond acceptors (Lipinski definition) is 4. The summed E-state index contributed by atoms with van der Waals surface area (Å²) in [6.45, 7) is 2.52. The molecule has 2 rings (SSSR count). The fourth-order valence-corrected chi connectivity index (χ4v) is 2.33. The fraction of sp³-hybridized carbons (Fsp3) is 0.200. The number of nitriles is 1. The van der Waals surface area contributed by atoms with Crippen LogP contribution in [0.1, 0.15) is 18.9 Å². The first-order valence-electron chi connectivity index (χ1n) is 8.07. The van der Waals surface area contributed by atoms with Gasteiger partial charge in [0, 0.05) is 16.3 Å². The van der Waals surface area contributed by atoms with Crippen molar-refractivity contribution in [3.05, 3.63) is 58.6 Å². The van der Waals surface area contributed by atoms with Crippen LogP contribution in [-0.4, -0.2) is 19.6 Å². The van der Waals surface area contributed by atoms with Crippen LogP contribution in [0.2, 0.25) is 5.02 Å². The summed E-state index contributed by atoms with van der Waals surface area (Å²) >= 11 is 6.04. The minimum absolute atomic E-state index is 0.0515. The van der Waals surface area contributed by atoms with Crippen molar-refractivity contribution in [3.8, 4) is 17.6 Å². The van der Waals surface area contributed by atoms with Crippen molar-refractivity contribution in [2.75, 3.05) is 19.0 Å². The van der Waals surface area contributed by atoms with Gasteiger partial charge >= 0.3 is 0 Å². The predicted molar refractivity (Wildman–Crippen MR) is 102 cm³/mol. The lowest BCUT2D eigenvalue weighted by molar-refractivity contribution is -0.112. The number of halogens is 1. The molecule has 0 saturated carbocycles. The second-order valence-corrected chi connectivity index (χ2v) is 5.82. The van der Waals surface area contributed by atoms with Crippen molar-refractivity contribution in [3.63, 3.8) is 0 Å². The molecule has 2 aromatic carbocycles. The zero-order valence-electron chi connectivity index (χ0n) is 14.6. The highest BCUT2D eigenvalue weighted by molar-refractivity contribution is 6.30. The average molecular weight is 371 g/mol. The van der Waals surface area contributed by atoms with E-state index in [2.05, 4.69) is 5.32 Å². The Morgan fingerprint density at radius 3 is 2.62 bits per heavy atom. The summed E-state index contributed by atoms with van der Waals surface area (Å²) in [4.78, 5) is 12.4. The molecule has 5 nitrogen and oxygen atoms in total.